The van der Waals surface area contributed by atoms with Crippen molar-refractivity contribution < 1.29 is 9.53 Å². The first-order chi connectivity index (χ1) is 12.4. The topological polar surface area (TPSA) is 60.4 Å². The smallest absolute Gasteiger partial charge is 0.219 e. The largest absolute Gasteiger partial charge is 0.381 e. The maximum Gasteiger partial charge on any atom is 0.219 e. The minimum absolute atomic E-state index is 0.0284. The highest BCUT2D eigenvalue weighted by atomic mass is 16.5. The molecule has 0 aromatic rings. The number of aliphatic imine (C=N–C) groups is 1. The van der Waals surface area contributed by atoms with Gasteiger partial charge in [-0.25, -0.2) is 0 Å². The van der Waals surface area contributed by atoms with E-state index in [-0.39, 0.29) is 11.4 Å². The zero-order chi connectivity index (χ0) is 19.2. The molecular formula is C19H37N5O2. The predicted molar refractivity (Wildman–Crippen MR) is 105 cm³/mol. The second kappa shape index (κ2) is 9.55. The van der Waals surface area contributed by atoms with E-state index in [0.717, 1.165) is 71.2 Å². The number of hydrogen-bond acceptors (Lipinski definition) is 4. The number of piperazine rings is 1. The summed E-state index contributed by atoms with van der Waals surface area (Å²) in [6.07, 6.45) is 2.59. The quantitative estimate of drug-likeness (QED) is 0.580. The van der Waals surface area contributed by atoms with Gasteiger partial charge in [0.1, 0.15) is 0 Å². The Morgan fingerprint density at radius 1 is 1.12 bits per heavy atom. The molecule has 2 aliphatic heterocycles. The summed E-state index contributed by atoms with van der Waals surface area (Å²) >= 11 is 0. The normalized spacial score (nSPS) is 21.2. The Bertz CT molecular complexity index is 478. The number of piperidine rings is 1. The summed E-state index contributed by atoms with van der Waals surface area (Å²) in [5.74, 6) is 1.13. The van der Waals surface area contributed by atoms with Crippen LogP contribution in [0.1, 0.15) is 40.5 Å². The number of ether oxygens (including phenoxy) is 1. The summed E-state index contributed by atoms with van der Waals surface area (Å²) in [6.45, 7) is 15.3. The van der Waals surface area contributed by atoms with Crippen LogP contribution in [0.15, 0.2) is 4.99 Å². The Morgan fingerprint density at radius 2 is 1.69 bits per heavy atom. The number of rotatable bonds is 5. The van der Waals surface area contributed by atoms with Gasteiger partial charge in [-0.3, -0.25) is 14.7 Å². The number of hydrogen-bond donors (Lipinski definition) is 1. The van der Waals surface area contributed by atoms with Crippen LogP contribution < -0.4 is 5.32 Å². The number of nitrogens with zero attached hydrogens (tertiary/aromatic N) is 4. The van der Waals surface area contributed by atoms with Crippen LogP contribution in [0.3, 0.4) is 0 Å². The summed E-state index contributed by atoms with van der Waals surface area (Å²) < 4.78 is 5.49. The van der Waals surface area contributed by atoms with Crippen LogP contribution in [-0.4, -0.2) is 97.7 Å². The SMILES string of the molecule is CCNC(=NCC(C)(C)N1CCC(OC)CC1)N1CCN(C(C)=O)CC1. The summed E-state index contributed by atoms with van der Waals surface area (Å²) in [5.41, 5.74) is 0.0284. The van der Waals surface area contributed by atoms with Gasteiger partial charge >= 0.3 is 0 Å². The van der Waals surface area contributed by atoms with Crippen LogP contribution in [0.25, 0.3) is 0 Å². The lowest BCUT2D eigenvalue weighted by molar-refractivity contribution is -0.130. The van der Waals surface area contributed by atoms with Crippen molar-refractivity contribution >= 4 is 11.9 Å². The van der Waals surface area contributed by atoms with Crippen molar-refractivity contribution in [2.24, 2.45) is 4.99 Å². The molecule has 0 radical (unpaired) electrons. The van der Waals surface area contributed by atoms with Gasteiger partial charge in [-0.2, -0.15) is 0 Å². The van der Waals surface area contributed by atoms with E-state index in [4.69, 9.17) is 9.73 Å². The van der Waals surface area contributed by atoms with Gasteiger partial charge in [-0.15, -0.1) is 0 Å². The van der Waals surface area contributed by atoms with Crippen molar-refractivity contribution in [3.63, 3.8) is 0 Å². The highest BCUT2D eigenvalue weighted by Gasteiger charge is 2.31. The second-order valence-electron chi connectivity index (χ2n) is 7.90. The lowest BCUT2D eigenvalue weighted by Gasteiger charge is -2.42. The first kappa shape index (κ1) is 21.0. The lowest BCUT2D eigenvalue weighted by Crippen LogP contribution is -2.54. The average molecular weight is 368 g/mol. The molecule has 7 heteroatoms. The van der Waals surface area contributed by atoms with Crippen molar-refractivity contribution in [3.8, 4) is 0 Å². The van der Waals surface area contributed by atoms with E-state index in [2.05, 4.69) is 35.9 Å². The molecule has 0 atom stereocenters. The summed E-state index contributed by atoms with van der Waals surface area (Å²) in [5, 5.41) is 3.42. The van der Waals surface area contributed by atoms with Crippen LogP contribution in [0.2, 0.25) is 0 Å². The van der Waals surface area contributed by atoms with Gasteiger partial charge in [-0.05, 0) is 33.6 Å². The van der Waals surface area contributed by atoms with Crippen LogP contribution in [0, 0.1) is 0 Å². The Morgan fingerprint density at radius 3 is 2.19 bits per heavy atom. The molecule has 0 saturated carbocycles. The van der Waals surface area contributed by atoms with Gasteiger partial charge < -0.3 is 19.9 Å². The molecule has 26 heavy (non-hydrogen) atoms. The van der Waals surface area contributed by atoms with Crippen molar-refractivity contribution in [1.29, 1.82) is 0 Å². The number of guanidine groups is 1. The molecule has 0 unspecified atom stereocenters. The first-order valence-electron chi connectivity index (χ1n) is 9.94. The van der Waals surface area contributed by atoms with Gasteiger partial charge in [0.15, 0.2) is 5.96 Å². The van der Waals surface area contributed by atoms with E-state index in [1.165, 1.54) is 0 Å². The minimum atomic E-state index is 0.0284. The van der Waals surface area contributed by atoms with Gasteiger partial charge in [0, 0.05) is 65.4 Å². The monoisotopic (exact) mass is 367 g/mol. The number of carbonyl (C=O) groups is 1. The third kappa shape index (κ3) is 5.58. The van der Waals surface area contributed by atoms with Gasteiger partial charge in [0.25, 0.3) is 0 Å². The van der Waals surface area contributed by atoms with Crippen LogP contribution in [-0.2, 0) is 9.53 Å². The highest BCUT2D eigenvalue weighted by molar-refractivity contribution is 5.80. The Labute approximate surface area is 158 Å². The third-order valence-corrected chi connectivity index (χ3v) is 5.61. The Hall–Kier alpha value is -1.34. The van der Waals surface area contributed by atoms with E-state index >= 15 is 0 Å². The predicted octanol–water partition coefficient (Wildman–Crippen LogP) is 1.01. The molecule has 1 amide bonds. The average Bonchev–Trinajstić information content (AvgIpc) is 2.65. The molecule has 150 valence electrons. The summed E-state index contributed by atoms with van der Waals surface area (Å²) in [7, 11) is 1.81. The van der Waals surface area contributed by atoms with Crippen molar-refractivity contribution in [1.82, 2.24) is 20.0 Å². The molecule has 0 bridgehead atoms. The molecule has 2 heterocycles. The van der Waals surface area contributed by atoms with E-state index in [1.807, 2.05) is 12.0 Å². The minimum Gasteiger partial charge on any atom is -0.381 e. The number of amides is 1. The number of nitrogens with one attached hydrogen (secondary N) is 1. The molecule has 0 spiro atoms. The van der Waals surface area contributed by atoms with E-state index in [9.17, 15) is 4.79 Å². The molecule has 2 fully saturated rings. The standard InChI is InChI=1S/C19H37N5O2/c1-6-20-18(23-13-11-22(12-14-23)16(2)25)21-15-19(3,4)24-9-7-17(26-5)8-10-24/h17H,6-15H2,1-5H3,(H,20,21). The highest BCUT2D eigenvalue weighted by Crippen LogP contribution is 2.22. The van der Waals surface area contributed by atoms with E-state index in [1.54, 1.807) is 6.92 Å². The molecule has 2 aliphatic rings. The maximum absolute atomic E-state index is 11.5. The van der Waals surface area contributed by atoms with Gasteiger partial charge in [-0.1, -0.05) is 0 Å². The summed E-state index contributed by atoms with van der Waals surface area (Å²) in [4.78, 5) is 23.2. The van der Waals surface area contributed by atoms with Crippen molar-refractivity contribution in [2.45, 2.75) is 52.2 Å². The van der Waals surface area contributed by atoms with Crippen LogP contribution in [0.4, 0.5) is 0 Å². The molecule has 1 N–H and O–H groups in total. The Balaban J connectivity index is 1.94. The zero-order valence-corrected chi connectivity index (χ0v) is 17.3. The van der Waals surface area contributed by atoms with Crippen molar-refractivity contribution in [2.75, 3.05) is 59.5 Å². The van der Waals surface area contributed by atoms with Crippen molar-refractivity contribution in [3.05, 3.63) is 0 Å². The molecule has 7 nitrogen and oxygen atoms in total. The first-order valence-corrected chi connectivity index (χ1v) is 9.94. The second-order valence-corrected chi connectivity index (χ2v) is 7.90. The fourth-order valence-corrected chi connectivity index (χ4v) is 3.72. The molecule has 0 aliphatic carbocycles. The van der Waals surface area contributed by atoms with E-state index in [0.29, 0.717) is 6.10 Å². The molecular weight excluding hydrogens is 330 g/mol. The Kier molecular flexibility index (Phi) is 7.70. The lowest BCUT2D eigenvalue weighted by atomic mass is 9.97. The fourth-order valence-electron chi connectivity index (χ4n) is 3.72. The molecule has 2 rings (SSSR count). The molecule has 2 saturated heterocycles. The number of methoxy groups -OCH3 is 1. The molecule has 0 aromatic carbocycles. The number of carbonyl (C=O) groups excluding carboxylic acids is 1. The van der Waals surface area contributed by atoms with Crippen LogP contribution >= 0.6 is 0 Å². The third-order valence-electron chi connectivity index (χ3n) is 5.61. The van der Waals surface area contributed by atoms with Crippen LogP contribution in [0.5, 0.6) is 0 Å². The van der Waals surface area contributed by atoms with Gasteiger partial charge in [0.05, 0.1) is 12.6 Å². The zero-order valence-electron chi connectivity index (χ0n) is 17.3. The van der Waals surface area contributed by atoms with Gasteiger partial charge in [0.2, 0.25) is 5.91 Å². The molecule has 0 aromatic heterocycles. The number of likely N-dealkylation sites (tertiary alicyclic amines) is 1. The summed E-state index contributed by atoms with van der Waals surface area (Å²) in [6, 6.07) is 0. The fraction of sp³-hybridized carbons (Fsp3) is 0.895. The maximum atomic E-state index is 11.5. The van der Waals surface area contributed by atoms with E-state index < -0.39 is 0 Å².